The molecule has 2 aliphatic rings. The Morgan fingerprint density at radius 3 is 2.45 bits per heavy atom. The summed E-state index contributed by atoms with van der Waals surface area (Å²) in [5, 5.41) is 3.28. The van der Waals surface area contributed by atoms with Gasteiger partial charge >= 0.3 is 0 Å². The molecule has 4 nitrogen and oxygen atoms in total. The number of hydrogen-bond donors (Lipinski definition) is 2. The number of halogens is 1. The van der Waals surface area contributed by atoms with Gasteiger partial charge in [0.1, 0.15) is 0 Å². The summed E-state index contributed by atoms with van der Waals surface area (Å²) < 4.78 is 0. The van der Waals surface area contributed by atoms with Crippen molar-refractivity contribution in [2.24, 2.45) is 23.5 Å². The zero-order valence-electron chi connectivity index (χ0n) is 14.4. The summed E-state index contributed by atoms with van der Waals surface area (Å²) >= 11 is 0. The molecule has 0 spiro atoms. The Morgan fingerprint density at radius 1 is 1.23 bits per heavy atom. The van der Waals surface area contributed by atoms with Crippen molar-refractivity contribution >= 4 is 18.3 Å². The Bertz CT molecular complexity index is 343. The van der Waals surface area contributed by atoms with E-state index in [0.717, 1.165) is 38.3 Å². The highest BCUT2D eigenvalue weighted by molar-refractivity contribution is 5.85. The van der Waals surface area contributed by atoms with Gasteiger partial charge in [-0.25, -0.2) is 0 Å². The topological polar surface area (TPSA) is 58.4 Å². The molecule has 3 N–H and O–H groups in total. The third kappa shape index (κ3) is 5.39. The second-order valence-electron chi connectivity index (χ2n) is 7.41. The molecule has 2 rings (SSSR count). The first kappa shape index (κ1) is 19.7. The van der Waals surface area contributed by atoms with Crippen LogP contribution in [0.3, 0.4) is 0 Å². The SMILES string of the molecule is CC(N)C1CCN(CC(=O)NC2CCCC(C)C2C)CC1.Cl. The zero-order valence-corrected chi connectivity index (χ0v) is 15.2. The van der Waals surface area contributed by atoms with Gasteiger partial charge in [0.05, 0.1) is 6.54 Å². The molecule has 1 amide bonds. The molecule has 0 aromatic heterocycles. The molecule has 1 saturated heterocycles. The van der Waals surface area contributed by atoms with Crippen molar-refractivity contribution in [1.82, 2.24) is 10.2 Å². The van der Waals surface area contributed by atoms with Gasteiger partial charge in [0.15, 0.2) is 0 Å². The van der Waals surface area contributed by atoms with Gasteiger partial charge in [-0.3, -0.25) is 9.69 Å². The highest BCUT2D eigenvalue weighted by atomic mass is 35.5. The summed E-state index contributed by atoms with van der Waals surface area (Å²) in [4.78, 5) is 14.6. The van der Waals surface area contributed by atoms with E-state index in [1.165, 1.54) is 12.8 Å². The van der Waals surface area contributed by atoms with E-state index >= 15 is 0 Å². The van der Waals surface area contributed by atoms with E-state index in [-0.39, 0.29) is 24.4 Å². The molecule has 0 bridgehead atoms. The van der Waals surface area contributed by atoms with Crippen LogP contribution in [0.5, 0.6) is 0 Å². The summed E-state index contributed by atoms with van der Waals surface area (Å²) in [5.74, 6) is 2.17. The maximum atomic E-state index is 12.3. The number of nitrogens with two attached hydrogens (primary N) is 1. The number of hydrogen-bond acceptors (Lipinski definition) is 3. The van der Waals surface area contributed by atoms with Crippen molar-refractivity contribution in [2.45, 2.75) is 65.0 Å². The third-order valence-electron chi connectivity index (χ3n) is 5.80. The number of amides is 1. The van der Waals surface area contributed by atoms with Crippen molar-refractivity contribution in [3.8, 4) is 0 Å². The first-order chi connectivity index (χ1) is 9.97. The van der Waals surface area contributed by atoms with E-state index in [1.807, 2.05) is 0 Å². The molecular weight excluding hydrogens is 298 g/mol. The Hall–Kier alpha value is -0.320. The molecule has 4 unspecified atom stereocenters. The first-order valence-corrected chi connectivity index (χ1v) is 8.74. The maximum Gasteiger partial charge on any atom is 0.234 e. The van der Waals surface area contributed by atoms with Gasteiger partial charge in [0.25, 0.3) is 0 Å². The van der Waals surface area contributed by atoms with E-state index in [4.69, 9.17) is 5.73 Å². The van der Waals surface area contributed by atoms with Crippen molar-refractivity contribution in [3.63, 3.8) is 0 Å². The van der Waals surface area contributed by atoms with E-state index < -0.39 is 0 Å². The number of piperidine rings is 1. The Morgan fingerprint density at radius 2 is 1.86 bits per heavy atom. The summed E-state index contributed by atoms with van der Waals surface area (Å²) in [6, 6.07) is 0.661. The fourth-order valence-electron chi connectivity index (χ4n) is 3.88. The molecular formula is C17H34ClN3O. The summed E-state index contributed by atoms with van der Waals surface area (Å²) in [5.41, 5.74) is 5.97. The van der Waals surface area contributed by atoms with Gasteiger partial charge in [-0.05, 0) is 57.0 Å². The molecule has 22 heavy (non-hydrogen) atoms. The molecule has 1 aliphatic carbocycles. The lowest BCUT2D eigenvalue weighted by Gasteiger charge is -2.36. The van der Waals surface area contributed by atoms with Gasteiger partial charge in [-0.15, -0.1) is 12.4 Å². The molecule has 0 aromatic rings. The highest BCUT2D eigenvalue weighted by Gasteiger charge is 2.29. The third-order valence-corrected chi connectivity index (χ3v) is 5.80. The molecule has 130 valence electrons. The number of carbonyl (C=O) groups excluding carboxylic acids is 1. The van der Waals surface area contributed by atoms with E-state index in [0.29, 0.717) is 24.4 Å². The van der Waals surface area contributed by atoms with Crippen LogP contribution in [-0.2, 0) is 4.79 Å². The Balaban J connectivity index is 0.00000242. The average molecular weight is 332 g/mol. The Labute approximate surface area is 142 Å². The molecule has 1 heterocycles. The van der Waals surface area contributed by atoms with Crippen molar-refractivity contribution in [2.75, 3.05) is 19.6 Å². The van der Waals surface area contributed by atoms with Crippen LogP contribution in [-0.4, -0.2) is 42.5 Å². The number of rotatable bonds is 4. The minimum Gasteiger partial charge on any atom is -0.352 e. The van der Waals surface area contributed by atoms with Gasteiger partial charge in [0, 0.05) is 12.1 Å². The monoisotopic (exact) mass is 331 g/mol. The minimum atomic E-state index is 0. The van der Waals surface area contributed by atoms with Crippen LogP contribution < -0.4 is 11.1 Å². The van der Waals surface area contributed by atoms with Crippen molar-refractivity contribution < 1.29 is 4.79 Å². The van der Waals surface area contributed by atoms with Gasteiger partial charge in [-0.1, -0.05) is 26.7 Å². The molecule has 1 aliphatic heterocycles. The lowest BCUT2D eigenvalue weighted by molar-refractivity contribution is -0.124. The summed E-state index contributed by atoms with van der Waals surface area (Å²) in [7, 11) is 0. The van der Waals surface area contributed by atoms with Crippen LogP contribution in [0, 0.1) is 17.8 Å². The van der Waals surface area contributed by atoms with E-state index in [2.05, 4.69) is 31.0 Å². The van der Waals surface area contributed by atoms with Gasteiger partial charge < -0.3 is 11.1 Å². The largest absolute Gasteiger partial charge is 0.352 e. The standard InChI is InChI=1S/C17H33N3O.ClH/c1-12-5-4-6-16(13(12)2)19-17(21)11-20-9-7-15(8-10-20)14(3)18;/h12-16H,4-11,18H2,1-3H3,(H,19,21);1H. The molecule has 5 heteroatoms. The van der Waals surface area contributed by atoms with Crippen LogP contribution in [0.25, 0.3) is 0 Å². The van der Waals surface area contributed by atoms with Crippen molar-refractivity contribution in [3.05, 3.63) is 0 Å². The number of likely N-dealkylation sites (tertiary alicyclic amines) is 1. The molecule has 1 saturated carbocycles. The lowest BCUT2D eigenvalue weighted by atomic mass is 9.78. The second kappa shape index (κ2) is 9.09. The van der Waals surface area contributed by atoms with Crippen LogP contribution in [0.15, 0.2) is 0 Å². The predicted molar refractivity (Wildman–Crippen MR) is 94.2 cm³/mol. The zero-order chi connectivity index (χ0) is 15.4. The number of nitrogens with zero attached hydrogens (tertiary/aromatic N) is 1. The summed E-state index contributed by atoms with van der Waals surface area (Å²) in [6.45, 7) is 9.26. The van der Waals surface area contributed by atoms with Crippen molar-refractivity contribution in [1.29, 1.82) is 0 Å². The Kier molecular flexibility index (Phi) is 8.15. The molecule has 0 aromatic carbocycles. The second-order valence-corrected chi connectivity index (χ2v) is 7.41. The fourth-order valence-corrected chi connectivity index (χ4v) is 3.88. The molecule has 0 radical (unpaired) electrons. The fraction of sp³-hybridized carbons (Fsp3) is 0.941. The maximum absolute atomic E-state index is 12.3. The van der Waals surface area contributed by atoms with Gasteiger partial charge in [0.2, 0.25) is 5.91 Å². The quantitative estimate of drug-likeness (QED) is 0.831. The average Bonchev–Trinajstić information content (AvgIpc) is 2.44. The normalized spacial score (nSPS) is 32.1. The number of nitrogens with one attached hydrogen (secondary N) is 1. The molecule has 2 fully saturated rings. The number of carbonyl (C=O) groups is 1. The van der Waals surface area contributed by atoms with Gasteiger partial charge in [-0.2, -0.15) is 0 Å². The van der Waals surface area contributed by atoms with Crippen LogP contribution in [0.2, 0.25) is 0 Å². The van der Waals surface area contributed by atoms with Crippen LogP contribution >= 0.6 is 12.4 Å². The minimum absolute atomic E-state index is 0. The smallest absolute Gasteiger partial charge is 0.234 e. The summed E-state index contributed by atoms with van der Waals surface area (Å²) in [6.07, 6.45) is 5.95. The van der Waals surface area contributed by atoms with E-state index in [9.17, 15) is 4.79 Å². The first-order valence-electron chi connectivity index (χ1n) is 8.74. The van der Waals surface area contributed by atoms with E-state index in [1.54, 1.807) is 0 Å². The lowest BCUT2D eigenvalue weighted by Crippen LogP contribution is -2.49. The molecule has 4 atom stereocenters. The highest BCUT2D eigenvalue weighted by Crippen LogP contribution is 2.29. The van der Waals surface area contributed by atoms with Crippen LogP contribution in [0.1, 0.15) is 52.9 Å². The van der Waals surface area contributed by atoms with Crippen LogP contribution in [0.4, 0.5) is 0 Å². The predicted octanol–water partition coefficient (Wildman–Crippen LogP) is 2.41.